The lowest BCUT2D eigenvalue weighted by Crippen LogP contribution is -2.42. The summed E-state index contributed by atoms with van der Waals surface area (Å²) in [6, 6.07) is 15.3. The Morgan fingerprint density at radius 2 is 1.84 bits per heavy atom. The van der Waals surface area contributed by atoms with E-state index in [1.807, 2.05) is 47.9 Å². The lowest BCUT2D eigenvalue weighted by atomic mass is 10.2. The summed E-state index contributed by atoms with van der Waals surface area (Å²) < 4.78 is 2.05. The highest BCUT2D eigenvalue weighted by molar-refractivity contribution is 5.98. The first kappa shape index (κ1) is 15.4. The van der Waals surface area contributed by atoms with Crippen molar-refractivity contribution in [3.63, 3.8) is 0 Å². The van der Waals surface area contributed by atoms with Gasteiger partial charge in [0, 0.05) is 17.2 Å². The highest BCUT2D eigenvalue weighted by Gasteiger charge is 2.29. The average Bonchev–Trinajstić information content (AvgIpc) is 3.42. The molecule has 0 atom stereocenters. The molecule has 1 aromatic heterocycles. The molecule has 2 amide bonds. The Hall–Kier alpha value is -3.15. The number of para-hydroxylation sites is 1. The number of rotatable bonds is 3. The number of nitrogens with zero attached hydrogens (tertiary/aromatic N) is 2. The average molecular weight is 334 g/mol. The fraction of sp³-hybridized carbons (Fsp3) is 0.211. The van der Waals surface area contributed by atoms with Gasteiger partial charge in [-0.05, 0) is 50.1 Å². The van der Waals surface area contributed by atoms with E-state index in [1.165, 1.54) is 0 Å². The maximum atomic E-state index is 12.2. The minimum atomic E-state index is -0.345. The second-order valence-corrected chi connectivity index (χ2v) is 6.25. The topological polar surface area (TPSA) is 76.0 Å². The molecule has 0 radical (unpaired) electrons. The van der Waals surface area contributed by atoms with Crippen LogP contribution in [0, 0.1) is 12.8 Å². The van der Waals surface area contributed by atoms with E-state index in [1.54, 1.807) is 12.1 Å². The molecule has 1 heterocycles. The Bertz CT molecular complexity index is 958. The summed E-state index contributed by atoms with van der Waals surface area (Å²) in [6.07, 6.45) is 1.79. The van der Waals surface area contributed by atoms with Gasteiger partial charge in [-0.3, -0.25) is 25.0 Å². The van der Waals surface area contributed by atoms with Crippen LogP contribution < -0.4 is 10.9 Å². The lowest BCUT2D eigenvalue weighted by molar-refractivity contribution is -0.123. The predicted octanol–water partition coefficient (Wildman–Crippen LogP) is 2.50. The van der Waals surface area contributed by atoms with E-state index >= 15 is 0 Å². The second kappa shape index (κ2) is 6.05. The van der Waals surface area contributed by atoms with Gasteiger partial charge in [0.25, 0.3) is 5.91 Å². The number of imidazole rings is 1. The van der Waals surface area contributed by atoms with Crippen LogP contribution in [0.15, 0.2) is 48.5 Å². The van der Waals surface area contributed by atoms with Crippen LogP contribution in [0.5, 0.6) is 0 Å². The molecule has 4 rings (SSSR count). The Morgan fingerprint density at radius 3 is 2.56 bits per heavy atom. The summed E-state index contributed by atoms with van der Waals surface area (Å²) in [5, 5.41) is 0. The van der Waals surface area contributed by atoms with Crippen LogP contribution in [0.25, 0.3) is 16.7 Å². The first-order valence-electron chi connectivity index (χ1n) is 8.28. The largest absolute Gasteiger partial charge is 0.297 e. The number of hydrogen-bond acceptors (Lipinski definition) is 3. The van der Waals surface area contributed by atoms with Crippen molar-refractivity contribution in [1.82, 2.24) is 20.4 Å². The smallest absolute Gasteiger partial charge is 0.269 e. The number of benzene rings is 2. The number of carbonyl (C=O) groups excluding carboxylic acids is 2. The van der Waals surface area contributed by atoms with Crippen LogP contribution in [0.4, 0.5) is 0 Å². The minimum Gasteiger partial charge on any atom is -0.297 e. The van der Waals surface area contributed by atoms with E-state index in [4.69, 9.17) is 0 Å². The van der Waals surface area contributed by atoms with Gasteiger partial charge in [0.05, 0.1) is 11.0 Å². The van der Waals surface area contributed by atoms with Gasteiger partial charge >= 0.3 is 0 Å². The van der Waals surface area contributed by atoms with Crippen LogP contribution in [0.2, 0.25) is 0 Å². The van der Waals surface area contributed by atoms with Crippen molar-refractivity contribution in [3.05, 3.63) is 59.9 Å². The number of hydrazine groups is 1. The molecule has 0 bridgehead atoms. The highest BCUT2D eigenvalue weighted by Crippen LogP contribution is 2.28. The Labute approximate surface area is 144 Å². The molecule has 1 aliphatic rings. The quantitative estimate of drug-likeness (QED) is 0.723. The standard InChI is InChI=1S/C19H18N4O2/c1-12-20-16-11-14(19(25)22-21-18(24)13-7-8-13)9-10-17(16)23(12)15-5-3-2-4-6-15/h2-6,9-11,13H,7-8H2,1H3,(H,21,24)(H,22,25). The summed E-state index contributed by atoms with van der Waals surface area (Å²) in [5.41, 5.74) is 8.09. The van der Waals surface area contributed by atoms with Gasteiger partial charge in [-0.25, -0.2) is 4.98 Å². The normalized spacial score (nSPS) is 13.6. The third-order valence-corrected chi connectivity index (χ3v) is 4.35. The molecule has 2 N–H and O–H groups in total. The van der Waals surface area contributed by atoms with Gasteiger partial charge in [0.1, 0.15) is 5.82 Å². The zero-order valence-electron chi connectivity index (χ0n) is 13.8. The zero-order valence-corrected chi connectivity index (χ0v) is 13.8. The first-order valence-corrected chi connectivity index (χ1v) is 8.28. The number of nitrogens with one attached hydrogen (secondary N) is 2. The van der Waals surface area contributed by atoms with E-state index in [0.29, 0.717) is 5.56 Å². The third kappa shape index (κ3) is 2.98. The van der Waals surface area contributed by atoms with Crippen molar-refractivity contribution in [1.29, 1.82) is 0 Å². The molecule has 2 aromatic carbocycles. The molecule has 6 heteroatoms. The summed E-state index contributed by atoms with van der Waals surface area (Å²) >= 11 is 0. The molecule has 1 saturated carbocycles. The van der Waals surface area contributed by atoms with E-state index in [0.717, 1.165) is 35.4 Å². The number of hydrogen-bond donors (Lipinski definition) is 2. The van der Waals surface area contributed by atoms with Gasteiger partial charge in [-0.1, -0.05) is 18.2 Å². The predicted molar refractivity (Wildman–Crippen MR) is 94.1 cm³/mol. The molecule has 0 aliphatic heterocycles. The fourth-order valence-electron chi connectivity index (χ4n) is 2.88. The minimum absolute atomic E-state index is 0.0481. The number of aromatic nitrogens is 2. The number of aryl methyl sites for hydroxylation is 1. The Kier molecular flexibility index (Phi) is 3.72. The van der Waals surface area contributed by atoms with Crippen LogP contribution in [-0.2, 0) is 4.79 Å². The summed E-state index contributed by atoms with van der Waals surface area (Å²) in [6.45, 7) is 1.93. The monoisotopic (exact) mass is 334 g/mol. The van der Waals surface area contributed by atoms with Crippen molar-refractivity contribution in [2.75, 3.05) is 0 Å². The zero-order chi connectivity index (χ0) is 17.4. The van der Waals surface area contributed by atoms with E-state index in [-0.39, 0.29) is 17.7 Å². The number of amides is 2. The first-order chi connectivity index (χ1) is 12.1. The molecule has 1 aliphatic carbocycles. The maximum absolute atomic E-state index is 12.2. The molecule has 0 saturated heterocycles. The molecular formula is C19H18N4O2. The van der Waals surface area contributed by atoms with Gasteiger partial charge < -0.3 is 0 Å². The molecule has 1 fully saturated rings. The van der Waals surface area contributed by atoms with Crippen LogP contribution in [0.3, 0.4) is 0 Å². The molecule has 25 heavy (non-hydrogen) atoms. The highest BCUT2D eigenvalue weighted by atomic mass is 16.2. The second-order valence-electron chi connectivity index (χ2n) is 6.25. The van der Waals surface area contributed by atoms with Crippen LogP contribution in [0.1, 0.15) is 29.0 Å². The van der Waals surface area contributed by atoms with Crippen molar-refractivity contribution >= 4 is 22.8 Å². The summed E-state index contributed by atoms with van der Waals surface area (Å²) in [7, 11) is 0. The van der Waals surface area contributed by atoms with Gasteiger partial charge in [0.2, 0.25) is 5.91 Å². The molecule has 126 valence electrons. The van der Waals surface area contributed by atoms with Crippen molar-refractivity contribution < 1.29 is 9.59 Å². The molecule has 0 spiro atoms. The molecule has 3 aromatic rings. The fourth-order valence-corrected chi connectivity index (χ4v) is 2.88. The van der Waals surface area contributed by atoms with Crippen molar-refractivity contribution in [3.8, 4) is 5.69 Å². The lowest BCUT2D eigenvalue weighted by Gasteiger charge is -2.08. The molecule has 0 unspecified atom stereocenters. The van der Waals surface area contributed by atoms with E-state index in [2.05, 4.69) is 15.8 Å². The van der Waals surface area contributed by atoms with Gasteiger partial charge in [-0.15, -0.1) is 0 Å². The third-order valence-electron chi connectivity index (χ3n) is 4.35. The van der Waals surface area contributed by atoms with Crippen LogP contribution >= 0.6 is 0 Å². The summed E-state index contributed by atoms with van der Waals surface area (Å²) in [4.78, 5) is 28.4. The number of fused-ring (bicyclic) bond motifs is 1. The summed E-state index contributed by atoms with van der Waals surface area (Å²) in [5.74, 6) is 0.425. The van der Waals surface area contributed by atoms with Crippen LogP contribution in [-0.4, -0.2) is 21.4 Å². The Morgan fingerprint density at radius 1 is 1.08 bits per heavy atom. The van der Waals surface area contributed by atoms with Gasteiger partial charge in [-0.2, -0.15) is 0 Å². The van der Waals surface area contributed by atoms with E-state index in [9.17, 15) is 9.59 Å². The SMILES string of the molecule is Cc1nc2cc(C(=O)NNC(=O)C3CC3)ccc2n1-c1ccccc1. The van der Waals surface area contributed by atoms with Crippen molar-refractivity contribution in [2.24, 2.45) is 5.92 Å². The number of carbonyl (C=O) groups is 2. The van der Waals surface area contributed by atoms with Gasteiger partial charge in [0.15, 0.2) is 0 Å². The van der Waals surface area contributed by atoms with Crippen molar-refractivity contribution in [2.45, 2.75) is 19.8 Å². The molecule has 6 nitrogen and oxygen atoms in total. The molecular weight excluding hydrogens is 316 g/mol. The maximum Gasteiger partial charge on any atom is 0.269 e. The Balaban J connectivity index is 1.60. The van der Waals surface area contributed by atoms with E-state index < -0.39 is 0 Å².